The summed E-state index contributed by atoms with van der Waals surface area (Å²) in [6.07, 6.45) is 4.07. The molecule has 5 heteroatoms. The van der Waals surface area contributed by atoms with Crippen LogP contribution in [0.25, 0.3) is 0 Å². The van der Waals surface area contributed by atoms with Gasteiger partial charge in [0, 0.05) is 11.6 Å². The van der Waals surface area contributed by atoms with Gasteiger partial charge in [-0.15, -0.1) is 0 Å². The van der Waals surface area contributed by atoms with Crippen molar-refractivity contribution in [2.45, 2.75) is 51.1 Å². The predicted molar refractivity (Wildman–Crippen MR) is 80.5 cm³/mol. The Morgan fingerprint density at radius 1 is 1.14 bits per heavy atom. The number of likely N-dealkylation sites (tertiary alicyclic amines) is 1. The molecule has 1 saturated heterocycles. The molecule has 0 radical (unpaired) electrons. The van der Waals surface area contributed by atoms with Gasteiger partial charge < -0.3 is 0 Å². The topological polar surface area (TPSA) is 41.3 Å². The largest absolute Gasteiger partial charge is 0.296 e. The van der Waals surface area contributed by atoms with Gasteiger partial charge in [0.15, 0.2) is 0 Å². The molecule has 1 aromatic rings. The van der Waals surface area contributed by atoms with Crippen molar-refractivity contribution < 1.29 is 8.78 Å². The molecule has 0 amide bonds. The van der Waals surface area contributed by atoms with Crippen LogP contribution in [0.3, 0.4) is 0 Å². The van der Waals surface area contributed by atoms with Gasteiger partial charge in [-0.1, -0.05) is 13.8 Å². The molecule has 3 N–H and O–H groups in total. The fourth-order valence-corrected chi connectivity index (χ4v) is 3.75. The van der Waals surface area contributed by atoms with Crippen LogP contribution < -0.4 is 11.3 Å². The molecule has 1 aromatic carbocycles. The van der Waals surface area contributed by atoms with Crippen molar-refractivity contribution in [2.75, 3.05) is 13.1 Å². The summed E-state index contributed by atoms with van der Waals surface area (Å²) in [5.41, 5.74) is 3.18. The smallest absolute Gasteiger partial charge is 0.126 e. The normalized spacial score (nSPS) is 18.1. The molecule has 0 aliphatic carbocycles. The Morgan fingerprint density at radius 3 is 2.10 bits per heavy atom. The van der Waals surface area contributed by atoms with Gasteiger partial charge in [0.2, 0.25) is 0 Å². The summed E-state index contributed by atoms with van der Waals surface area (Å²) < 4.78 is 27.2. The lowest BCUT2D eigenvalue weighted by Gasteiger charge is -2.46. The van der Waals surface area contributed by atoms with E-state index in [4.69, 9.17) is 5.84 Å². The van der Waals surface area contributed by atoms with Crippen LogP contribution in [0.4, 0.5) is 8.78 Å². The van der Waals surface area contributed by atoms with E-state index >= 15 is 0 Å². The Hall–Kier alpha value is -1.04. The molecule has 1 aliphatic heterocycles. The van der Waals surface area contributed by atoms with Gasteiger partial charge in [0.25, 0.3) is 0 Å². The van der Waals surface area contributed by atoms with Crippen LogP contribution >= 0.6 is 0 Å². The minimum absolute atomic E-state index is 0.217. The Balaban J connectivity index is 2.43. The number of halogens is 2. The number of nitrogens with zero attached hydrogens (tertiary/aromatic N) is 1. The highest BCUT2D eigenvalue weighted by Gasteiger charge is 2.42. The molecule has 0 spiro atoms. The fraction of sp³-hybridized carbons (Fsp3) is 0.625. The molecular formula is C16H25F2N3. The number of hydrogen-bond acceptors (Lipinski definition) is 3. The van der Waals surface area contributed by atoms with E-state index in [1.54, 1.807) is 0 Å². The number of hydrogen-bond donors (Lipinski definition) is 2. The van der Waals surface area contributed by atoms with Gasteiger partial charge in [-0.2, -0.15) is 0 Å². The quantitative estimate of drug-likeness (QED) is 0.626. The van der Waals surface area contributed by atoms with Crippen molar-refractivity contribution in [3.8, 4) is 0 Å². The van der Waals surface area contributed by atoms with Gasteiger partial charge in [-0.25, -0.2) is 8.78 Å². The monoisotopic (exact) mass is 297 g/mol. The SMILES string of the molecule is CCC(CC)(C(NN)c1cc(F)cc(F)c1)N1CCCC1. The summed E-state index contributed by atoms with van der Waals surface area (Å²) >= 11 is 0. The van der Waals surface area contributed by atoms with Crippen LogP contribution in [0.2, 0.25) is 0 Å². The summed E-state index contributed by atoms with van der Waals surface area (Å²) in [7, 11) is 0. The minimum atomic E-state index is -0.562. The summed E-state index contributed by atoms with van der Waals surface area (Å²) in [5, 5.41) is 0. The first-order valence-corrected chi connectivity index (χ1v) is 7.74. The third-order valence-corrected chi connectivity index (χ3v) is 4.88. The second-order valence-electron chi connectivity index (χ2n) is 5.81. The Morgan fingerprint density at radius 2 is 1.67 bits per heavy atom. The maximum Gasteiger partial charge on any atom is 0.126 e. The lowest BCUT2D eigenvalue weighted by Crippen LogP contribution is -2.56. The molecule has 1 aliphatic rings. The molecule has 21 heavy (non-hydrogen) atoms. The predicted octanol–water partition coefficient (Wildman–Crippen LogP) is 3.12. The van der Waals surface area contributed by atoms with Gasteiger partial charge in [-0.05, 0) is 56.5 Å². The zero-order valence-corrected chi connectivity index (χ0v) is 12.8. The summed E-state index contributed by atoms with van der Waals surface area (Å²) in [4.78, 5) is 2.42. The zero-order valence-electron chi connectivity index (χ0n) is 12.8. The van der Waals surface area contributed by atoms with Gasteiger partial charge >= 0.3 is 0 Å². The van der Waals surface area contributed by atoms with Crippen LogP contribution in [-0.2, 0) is 0 Å². The molecular weight excluding hydrogens is 272 g/mol. The Bertz CT molecular complexity index is 448. The van der Waals surface area contributed by atoms with E-state index in [-0.39, 0.29) is 11.6 Å². The number of nitrogens with one attached hydrogen (secondary N) is 1. The molecule has 1 fully saturated rings. The van der Waals surface area contributed by atoms with E-state index in [9.17, 15) is 8.78 Å². The molecule has 0 saturated carbocycles. The van der Waals surface area contributed by atoms with Crippen molar-refractivity contribution in [2.24, 2.45) is 5.84 Å². The third-order valence-electron chi connectivity index (χ3n) is 4.88. The second-order valence-corrected chi connectivity index (χ2v) is 5.81. The van der Waals surface area contributed by atoms with Crippen molar-refractivity contribution in [3.05, 3.63) is 35.4 Å². The number of nitrogens with two attached hydrogens (primary N) is 1. The number of rotatable bonds is 6. The van der Waals surface area contributed by atoms with Crippen LogP contribution in [0, 0.1) is 11.6 Å². The van der Waals surface area contributed by atoms with E-state index in [2.05, 4.69) is 24.2 Å². The average Bonchev–Trinajstić information content (AvgIpc) is 2.98. The van der Waals surface area contributed by atoms with Gasteiger partial charge in [-0.3, -0.25) is 16.2 Å². The average molecular weight is 297 g/mol. The van der Waals surface area contributed by atoms with Crippen LogP contribution in [-0.4, -0.2) is 23.5 Å². The fourth-order valence-electron chi connectivity index (χ4n) is 3.75. The first kappa shape index (κ1) is 16.3. The molecule has 2 rings (SSSR count). The van der Waals surface area contributed by atoms with E-state index in [1.165, 1.54) is 12.1 Å². The summed E-state index contributed by atoms with van der Waals surface area (Å²) in [5.74, 6) is 4.66. The molecule has 118 valence electrons. The van der Waals surface area contributed by atoms with Gasteiger partial charge in [0.05, 0.1) is 6.04 Å². The van der Waals surface area contributed by atoms with Crippen LogP contribution in [0.15, 0.2) is 18.2 Å². The van der Waals surface area contributed by atoms with E-state index in [0.717, 1.165) is 44.8 Å². The molecule has 3 nitrogen and oxygen atoms in total. The van der Waals surface area contributed by atoms with Crippen molar-refractivity contribution in [1.82, 2.24) is 10.3 Å². The maximum atomic E-state index is 13.6. The summed E-state index contributed by atoms with van der Waals surface area (Å²) in [6, 6.07) is 3.36. The molecule has 0 aromatic heterocycles. The van der Waals surface area contributed by atoms with E-state index < -0.39 is 11.6 Å². The van der Waals surface area contributed by atoms with Crippen molar-refractivity contribution in [1.29, 1.82) is 0 Å². The Labute approximate surface area is 125 Å². The van der Waals surface area contributed by atoms with E-state index in [0.29, 0.717) is 5.56 Å². The first-order valence-electron chi connectivity index (χ1n) is 7.74. The number of hydrazine groups is 1. The zero-order chi connectivity index (χ0) is 15.5. The number of benzene rings is 1. The van der Waals surface area contributed by atoms with Crippen molar-refractivity contribution in [3.63, 3.8) is 0 Å². The van der Waals surface area contributed by atoms with Gasteiger partial charge in [0.1, 0.15) is 11.6 Å². The van der Waals surface area contributed by atoms with E-state index in [1.807, 2.05) is 0 Å². The molecule has 1 unspecified atom stereocenters. The molecule has 1 heterocycles. The van der Waals surface area contributed by atoms with Crippen molar-refractivity contribution >= 4 is 0 Å². The second kappa shape index (κ2) is 6.81. The summed E-state index contributed by atoms with van der Waals surface area (Å²) in [6.45, 7) is 6.25. The van der Waals surface area contributed by atoms with Crippen LogP contribution in [0.5, 0.6) is 0 Å². The minimum Gasteiger partial charge on any atom is -0.296 e. The van der Waals surface area contributed by atoms with Crippen LogP contribution in [0.1, 0.15) is 51.1 Å². The lowest BCUT2D eigenvalue weighted by atomic mass is 9.79. The first-order chi connectivity index (χ1) is 10.1. The highest BCUT2D eigenvalue weighted by atomic mass is 19.1. The molecule has 0 bridgehead atoms. The highest BCUT2D eigenvalue weighted by molar-refractivity contribution is 5.25. The highest BCUT2D eigenvalue weighted by Crippen LogP contribution is 2.39. The standard InChI is InChI=1S/C16H25F2N3/c1-3-16(4-2,21-7-5-6-8-21)15(20-19)12-9-13(17)11-14(18)10-12/h9-11,15,20H,3-8,19H2,1-2H3. The Kier molecular flexibility index (Phi) is 5.30. The third kappa shape index (κ3) is 3.10. The lowest BCUT2D eigenvalue weighted by molar-refractivity contribution is 0.0614. The maximum absolute atomic E-state index is 13.6. The molecule has 1 atom stereocenters.